The molecule has 0 aliphatic heterocycles. The molecule has 0 unspecified atom stereocenters. The Morgan fingerprint density at radius 1 is 1.12 bits per heavy atom. The first-order chi connectivity index (χ1) is 7.74. The molecular formula is C13H17N3. The zero-order chi connectivity index (χ0) is 11.5. The monoisotopic (exact) mass is 215 g/mol. The SMILES string of the molecule is CCc1ccc(-n2nc(CC)cc2N)cc1. The van der Waals surface area contributed by atoms with Gasteiger partial charge in [0.15, 0.2) is 0 Å². The van der Waals surface area contributed by atoms with Gasteiger partial charge < -0.3 is 5.73 Å². The van der Waals surface area contributed by atoms with E-state index in [1.807, 2.05) is 6.07 Å². The molecule has 2 aromatic rings. The van der Waals surface area contributed by atoms with Crippen molar-refractivity contribution in [3.05, 3.63) is 41.6 Å². The van der Waals surface area contributed by atoms with E-state index in [0.29, 0.717) is 5.82 Å². The summed E-state index contributed by atoms with van der Waals surface area (Å²) in [5, 5.41) is 4.45. The molecule has 0 aliphatic rings. The van der Waals surface area contributed by atoms with Crippen LogP contribution in [0.25, 0.3) is 5.69 Å². The average molecular weight is 215 g/mol. The summed E-state index contributed by atoms with van der Waals surface area (Å²) >= 11 is 0. The van der Waals surface area contributed by atoms with Gasteiger partial charge in [0.05, 0.1) is 11.4 Å². The first-order valence-electron chi connectivity index (χ1n) is 5.68. The molecule has 0 saturated heterocycles. The van der Waals surface area contributed by atoms with Crippen molar-refractivity contribution in [1.82, 2.24) is 9.78 Å². The second-order valence-electron chi connectivity index (χ2n) is 3.85. The highest BCUT2D eigenvalue weighted by atomic mass is 15.3. The van der Waals surface area contributed by atoms with Crippen LogP contribution < -0.4 is 5.73 Å². The topological polar surface area (TPSA) is 43.8 Å². The van der Waals surface area contributed by atoms with Gasteiger partial charge >= 0.3 is 0 Å². The van der Waals surface area contributed by atoms with Gasteiger partial charge in [0, 0.05) is 6.07 Å². The Bertz CT molecular complexity index is 468. The molecule has 0 radical (unpaired) electrons. The highest BCUT2D eigenvalue weighted by Crippen LogP contribution is 2.15. The zero-order valence-electron chi connectivity index (χ0n) is 9.77. The van der Waals surface area contributed by atoms with Crippen LogP contribution >= 0.6 is 0 Å². The first kappa shape index (κ1) is 10.7. The number of nitrogens with zero attached hydrogens (tertiary/aromatic N) is 2. The van der Waals surface area contributed by atoms with Crippen molar-refractivity contribution >= 4 is 5.82 Å². The summed E-state index contributed by atoms with van der Waals surface area (Å²) in [5.41, 5.74) is 9.29. The fourth-order valence-electron chi connectivity index (χ4n) is 1.70. The number of nitrogen functional groups attached to an aromatic ring is 1. The van der Waals surface area contributed by atoms with Crippen LogP contribution in [0.1, 0.15) is 25.1 Å². The summed E-state index contributed by atoms with van der Waals surface area (Å²) in [4.78, 5) is 0. The van der Waals surface area contributed by atoms with Gasteiger partial charge in [0.2, 0.25) is 0 Å². The predicted octanol–water partition coefficient (Wildman–Crippen LogP) is 2.58. The molecule has 84 valence electrons. The maximum absolute atomic E-state index is 5.92. The molecule has 2 N–H and O–H groups in total. The van der Waals surface area contributed by atoms with E-state index in [1.54, 1.807) is 4.68 Å². The summed E-state index contributed by atoms with van der Waals surface area (Å²) < 4.78 is 1.79. The van der Waals surface area contributed by atoms with Gasteiger partial charge in [-0.15, -0.1) is 0 Å². The molecule has 0 saturated carbocycles. The third-order valence-corrected chi connectivity index (χ3v) is 2.74. The fraction of sp³-hybridized carbons (Fsp3) is 0.308. The van der Waals surface area contributed by atoms with E-state index in [9.17, 15) is 0 Å². The van der Waals surface area contributed by atoms with Crippen molar-refractivity contribution < 1.29 is 0 Å². The Balaban J connectivity index is 2.38. The summed E-state index contributed by atoms with van der Waals surface area (Å²) in [7, 11) is 0. The summed E-state index contributed by atoms with van der Waals surface area (Å²) in [5.74, 6) is 0.695. The molecule has 0 bridgehead atoms. The maximum atomic E-state index is 5.92. The van der Waals surface area contributed by atoms with Crippen molar-refractivity contribution in [2.45, 2.75) is 26.7 Å². The van der Waals surface area contributed by atoms with E-state index >= 15 is 0 Å². The zero-order valence-corrected chi connectivity index (χ0v) is 9.77. The van der Waals surface area contributed by atoms with Crippen LogP contribution in [0.5, 0.6) is 0 Å². The lowest BCUT2D eigenvalue weighted by Crippen LogP contribution is -2.01. The predicted molar refractivity (Wildman–Crippen MR) is 66.7 cm³/mol. The number of aryl methyl sites for hydroxylation is 2. The minimum Gasteiger partial charge on any atom is -0.384 e. The lowest BCUT2D eigenvalue weighted by atomic mass is 10.1. The van der Waals surface area contributed by atoms with E-state index in [4.69, 9.17) is 5.73 Å². The van der Waals surface area contributed by atoms with Gasteiger partial charge in [-0.05, 0) is 30.5 Å². The standard InChI is InChI=1S/C13H17N3/c1-3-10-5-7-12(8-6-10)16-13(14)9-11(4-2)15-16/h5-9H,3-4,14H2,1-2H3. The van der Waals surface area contributed by atoms with Crippen LogP contribution in [0.3, 0.4) is 0 Å². The Morgan fingerprint density at radius 3 is 2.31 bits per heavy atom. The minimum absolute atomic E-state index is 0.695. The van der Waals surface area contributed by atoms with Crippen LogP contribution in [0.4, 0.5) is 5.82 Å². The molecular weight excluding hydrogens is 198 g/mol. The molecule has 0 atom stereocenters. The molecule has 0 aliphatic carbocycles. The molecule has 0 spiro atoms. The third kappa shape index (κ3) is 1.94. The quantitative estimate of drug-likeness (QED) is 0.855. The van der Waals surface area contributed by atoms with Crippen LogP contribution in [0.15, 0.2) is 30.3 Å². The maximum Gasteiger partial charge on any atom is 0.127 e. The van der Waals surface area contributed by atoms with Crippen molar-refractivity contribution in [3.8, 4) is 5.69 Å². The largest absolute Gasteiger partial charge is 0.384 e. The second kappa shape index (κ2) is 4.39. The van der Waals surface area contributed by atoms with Gasteiger partial charge in [-0.3, -0.25) is 0 Å². The van der Waals surface area contributed by atoms with Crippen molar-refractivity contribution in [3.63, 3.8) is 0 Å². The summed E-state index contributed by atoms with van der Waals surface area (Å²) in [6.07, 6.45) is 1.96. The number of hydrogen-bond donors (Lipinski definition) is 1. The molecule has 1 aromatic carbocycles. The summed E-state index contributed by atoms with van der Waals surface area (Å²) in [6.45, 7) is 4.22. The van der Waals surface area contributed by atoms with Gasteiger partial charge in [0.25, 0.3) is 0 Å². The molecule has 1 heterocycles. The molecule has 16 heavy (non-hydrogen) atoms. The Hall–Kier alpha value is -1.77. The number of nitrogens with two attached hydrogens (primary N) is 1. The van der Waals surface area contributed by atoms with Crippen molar-refractivity contribution in [1.29, 1.82) is 0 Å². The smallest absolute Gasteiger partial charge is 0.127 e. The highest BCUT2D eigenvalue weighted by Gasteiger charge is 2.05. The van der Waals surface area contributed by atoms with Gasteiger partial charge in [-0.25, -0.2) is 4.68 Å². The van der Waals surface area contributed by atoms with Crippen LogP contribution in [0, 0.1) is 0 Å². The lowest BCUT2D eigenvalue weighted by Gasteiger charge is -2.04. The molecule has 3 nitrogen and oxygen atoms in total. The third-order valence-electron chi connectivity index (χ3n) is 2.74. The summed E-state index contributed by atoms with van der Waals surface area (Å²) in [6, 6.07) is 10.3. The molecule has 3 heteroatoms. The van der Waals surface area contributed by atoms with Crippen molar-refractivity contribution in [2.24, 2.45) is 0 Å². The molecule has 2 rings (SSSR count). The van der Waals surface area contributed by atoms with Crippen LogP contribution in [-0.2, 0) is 12.8 Å². The number of anilines is 1. The highest BCUT2D eigenvalue weighted by molar-refractivity contribution is 5.43. The molecule has 0 amide bonds. The van der Waals surface area contributed by atoms with E-state index in [2.05, 4.69) is 43.2 Å². The number of aromatic nitrogens is 2. The van der Waals surface area contributed by atoms with E-state index in [1.165, 1.54) is 5.56 Å². The Labute approximate surface area is 95.9 Å². The number of rotatable bonds is 3. The first-order valence-corrected chi connectivity index (χ1v) is 5.68. The van der Waals surface area contributed by atoms with Gasteiger partial charge in [-0.1, -0.05) is 26.0 Å². The number of hydrogen-bond acceptors (Lipinski definition) is 2. The van der Waals surface area contributed by atoms with Gasteiger partial charge in [-0.2, -0.15) is 5.10 Å². The molecule has 0 fully saturated rings. The van der Waals surface area contributed by atoms with E-state index in [-0.39, 0.29) is 0 Å². The molecule has 1 aromatic heterocycles. The van der Waals surface area contributed by atoms with Crippen LogP contribution in [0.2, 0.25) is 0 Å². The fourth-order valence-corrected chi connectivity index (χ4v) is 1.70. The average Bonchev–Trinajstić information content (AvgIpc) is 2.71. The van der Waals surface area contributed by atoms with Crippen molar-refractivity contribution in [2.75, 3.05) is 5.73 Å². The minimum atomic E-state index is 0.695. The number of benzene rings is 1. The van der Waals surface area contributed by atoms with Crippen LogP contribution in [-0.4, -0.2) is 9.78 Å². The van der Waals surface area contributed by atoms with E-state index in [0.717, 1.165) is 24.2 Å². The Kier molecular flexibility index (Phi) is 2.95. The van der Waals surface area contributed by atoms with Gasteiger partial charge in [0.1, 0.15) is 5.82 Å². The normalized spacial score (nSPS) is 10.6. The lowest BCUT2D eigenvalue weighted by molar-refractivity contribution is 0.848. The second-order valence-corrected chi connectivity index (χ2v) is 3.85. The Morgan fingerprint density at radius 2 is 1.81 bits per heavy atom. The van der Waals surface area contributed by atoms with E-state index < -0.39 is 0 Å².